The molecule has 0 spiro atoms. The maximum absolute atomic E-state index is 5.40. The molecule has 3 aromatic rings. The summed E-state index contributed by atoms with van der Waals surface area (Å²) >= 11 is 0. The van der Waals surface area contributed by atoms with Crippen molar-refractivity contribution < 1.29 is 9.26 Å². The predicted molar refractivity (Wildman–Crippen MR) is 85.3 cm³/mol. The normalized spacial score (nSPS) is 20.6. The lowest BCUT2D eigenvalue weighted by Gasteiger charge is -2.00. The Morgan fingerprint density at radius 2 is 1.71 bits per heavy atom. The lowest BCUT2D eigenvalue weighted by Crippen LogP contribution is -1.99. The summed E-state index contributed by atoms with van der Waals surface area (Å²) in [6, 6.07) is 7.93. The zero-order valence-electron chi connectivity index (χ0n) is 13.1. The van der Waals surface area contributed by atoms with Gasteiger partial charge in [0.05, 0.1) is 6.61 Å². The van der Waals surface area contributed by atoms with Crippen LogP contribution >= 0.6 is 0 Å². The van der Waals surface area contributed by atoms with Crippen molar-refractivity contribution in [2.75, 3.05) is 13.2 Å². The fourth-order valence-corrected chi connectivity index (χ4v) is 2.95. The molecule has 1 aliphatic heterocycles. The van der Waals surface area contributed by atoms with Gasteiger partial charge in [0.25, 0.3) is 0 Å². The van der Waals surface area contributed by atoms with Crippen molar-refractivity contribution in [2.24, 2.45) is 0 Å². The van der Waals surface area contributed by atoms with Gasteiger partial charge in [0.15, 0.2) is 5.82 Å². The van der Waals surface area contributed by atoms with Crippen LogP contribution in [0.4, 0.5) is 0 Å². The monoisotopic (exact) mass is 323 g/mol. The number of hydrogen-bond donors (Lipinski definition) is 1. The van der Waals surface area contributed by atoms with Crippen LogP contribution in [-0.4, -0.2) is 38.5 Å². The minimum atomic E-state index is 0.325. The number of hydrogen-bond acceptors (Lipinski definition) is 6. The van der Waals surface area contributed by atoms with E-state index in [1.54, 1.807) is 0 Å². The van der Waals surface area contributed by atoms with E-state index in [4.69, 9.17) is 9.26 Å². The molecule has 2 aliphatic rings. The second kappa shape index (κ2) is 5.52. The van der Waals surface area contributed by atoms with Crippen molar-refractivity contribution in [3.8, 4) is 22.8 Å². The quantitative estimate of drug-likeness (QED) is 0.794. The highest BCUT2D eigenvalue weighted by molar-refractivity contribution is 5.62. The highest BCUT2D eigenvalue weighted by Crippen LogP contribution is 2.39. The maximum Gasteiger partial charge on any atom is 0.230 e. The fourth-order valence-electron chi connectivity index (χ4n) is 2.95. The highest BCUT2D eigenvalue weighted by atomic mass is 16.5. The van der Waals surface area contributed by atoms with E-state index in [-0.39, 0.29) is 0 Å². The smallest absolute Gasteiger partial charge is 0.230 e. The molecule has 1 aliphatic carbocycles. The van der Waals surface area contributed by atoms with Crippen molar-refractivity contribution in [3.05, 3.63) is 36.0 Å². The third-order valence-electron chi connectivity index (χ3n) is 4.59. The third-order valence-corrected chi connectivity index (χ3v) is 4.59. The van der Waals surface area contributed by atoms with Gasteiger partial charge in [-0.15, -0.1) is 0 Å². The van der Waals surface area contributed by atoms with E-state index in [0.29, 0.717) is 30.1 Å². The number of aromatic nitrogens is 5. The molecule has 1 saturated heterocycles. The molecule has 3 heterocycles. The second-order valence-corrected chi connectivity index (χ2v) is 6.41. The number of ether oxygens (including phenoxy) is 1. The molecule has 7 nitrogen and oxygen atoms in total. The lowest BCUT2D eigenvalue weighted by molar-refractivity contribution is 0.193. The lowest BCUT2D eigenvalue weighted by atomic mass is 10.1. The summed E-state index contributed by atoms with van der Waals surface area (Å²) < 4.78 is 10.7. The molecule has 2 aromatic heterocycles. The molecular formula is C17H17N5O2. The minimum Gasteiger partial charge on any atom is -0.381 e. The van der Waals surface area contributed by atoms with Gasteiger partial charge in [0, 0.05) is 29.6 Å². The van der Waals surface area contributed by atoms with Gasteiger partial charge < -0.3 is 9.26 Å². The Morgan fingerprint density at radius 3 is 2.42 bits per heavy atom. The average molecular weight is 323 g/mol. The summed E-state index contributed by atoms with van der Waals surface area (Å²) in [6.07, 6.45) is 3.30. The van der Waals surface area contributed by atoms with E-state index in [0.717, 1.165) is 48.7 Å². The number of nitrogens with zero attached hydrogens (tertiary/aromatic N) is 4. The first-order valence-electron chi connectivity index (χ1n) is 8.31. The van der Waals surface area contributed by atoms with Crippen molar-refractivity contribution >= 4 is 0 Å². The molecule has 0 radical (unpaired) electrons. The molecule has 0 amide bonds. The molecule has 1 saturated carbocycles. The number of rotatable bonds is 4. The van der Waals surface area contributed by atoms with Crippen LogP contribution < -0.4 is 0 Å². The van der Waals surface area contributed by atoms with Gasteiger partial charge in [-0.25, -0.2) is 4.98 Å². The average Bonchev–Trinajstić information content (AvgIpc) is 3.07. The first-order valence-corrected chi connectivity index (χ1v) is 8.31. The van der Waals surface area contributed by atoms with E-state index in [1.807, 2.05) is 24.3 Å². The summed E-state index contributed by atoms with van der Waals surface area (Å²) in [5.74, 6) is 3.80. The summed E-state index contributed by atoms with van der Waals surface area (Å²) in [5, 5.41) is 11.4. The van der Waals surface area contributed by atoms with Crippen molar-refractivity contribution in [1.29, 1.82) is 0 Å². The van der Waals surface area contributed by atoms with Crippen molar-refractivity contribution in [3.63, 3.8) is 0 Å². The van der Waals surface area contributed by atoms with Crippen LogP contribution in [-0.2, 0) is 4.74 Å². The van der Waals surface area contributed by atoms with Gasteiger partial charge in [0.1, 0.15) is 5.82 Å². The summed E-state index contributed by atoms with van der Waals surface area (Å²) in [5.41, 5.74) is 1.90. The summed E-state index contributed by atoms with van der Waals surface area (Å²) in [6.45, 7) is 1.51. The van der Waals surface area contributed by atoms with Crippen LogP contribution in [0.3, 0.4) is 0 Å². The molecule has 0 bridgehead atoms. The second-order valence-electron chi connectivity index (χ2n) is 6.41. The summed E-state index contributed by atoms with van der Waals surface area (Å²) in [4.78, 5) is 9.08. The predicted octanol–water partition coefficient (Wildman–Crippen LogP) is 2.90. The topological polar surface area (TPSA) is 89.7 Å². The van der Waals surface area contributed by atoms with Gasteiger partial charge in [-0.2, -0.15) is 10.1 Å². The molecule has 0 unspecified atom stereocenters. The molecular weight excluding hydrogens is 306 g/mol. The van der Waals surface area contributed by atoms with Gasteiger partial charge in [-0.3, -0.25) is 5.10 Å². The molecule has 1 aromatic carbocycles. The zero-order valence-corrected chi connectivity index (χ0v) is 13.1. The Kier molecular flexibility index (Phi) is 3.19. The molecule has 1 atom stereocenters. The number of aromatic amines is 1. The Balaban J connectivity index is 1.37. The van der Waals surface area contributed by atoms with Crippen LogP contribution in [0.5, 0.6) is 0 Å². The van der Waals surface area contributed by atoms with E-state index in [2.05, 4.69) is 25.3 Å². The molecule has 122 valence electrons. The van der Waals surface area contributed by atoms with Crippen LogP contribution in [0.15, 0.2) is 28.8 Å². The number of benzene rings is 1. The zero-order chi connectivity index (χ0) is 15.9. The molecule has 7 heteroatoms. The van der Waals surface area contributed by atoms with Crippen LogP contribution in [0, 0.1) is 0 Å². The minimum absolute atomic E-state index is 0.325. The summed E-state index contributed by atoms with van der Waals surface area (Å²) in [7, 11) is 0. The Morgan fingerprint density at radius 1 is 0.917 bits per heavy atom. The molecule has 24 heavy (non-hydrogen) atoms. The molecule has 5 rings (SSSR count). The van der Waals surface area contributed by atoms with Gasteiger partial charge in [0.2, 0.25) is 11.7 Å². The van der Waals surface area contributed by atoms with Gasteiger partial charge in [-0.05, 0) is 19.3 Å². The standard InChI is InChI=1S/C17H17N5O2/c1-3-11(16-19-17(24-22-16)12-5-6-12)4-2-10(1)14-18-15(21-20-14)13-7-8-23-9-13/h1-4,12-13H,5-9H2,(H,18,20,21)/t13-/m0/s1. The maximum atomic E-state index is 5.40. The first kappa shape index (κ1) is 13.9. The van der Waals surface area contributed by atoms with Crippen molar-refractivity contribution in [2.45, 2.75) is 31.1 Å². The Hall–Kier alpha value is -2.54. The molecule has 2 fully saturated rings. The van der Waals surface area contributed by atoms with Crippen LogP contribution in [0.1, 0.15) is 42.8 Å². The van der Waals surface area contributed by atoms with Crippen molar-refractivity contribution in [1.82, 2.24) is 25.3 Å². The van der Waals surface area contributed by atoms with Crippen LogP contribution in [0.25, 0.3) is 22.8 Å². The first-order chi connectivity index (χ1) is 11.9. The van der Waals surface area contributed by atoms with E-state index in [1.165, 1.54) is 0 Å². The highest BCUT2D eigenvalue weighted by Gasteiger charge is 2.29. The largest absolute Gasteiger partial charge is 0.381 e. The van der Waals surface area contributed by atoms with E-state index >= 15 is 0 Å². The van der Waals surface area contributed by atoms with Gasteiger partial charge in [-0.1, -0.05) is 29.4 Å². The van der Waals surface area contributed by atoms with Crippen LogP contribution in [0.2, 0.25) is 0 Å². The third kappa shape index (κ3) is 2.50. The SMILES string of the molecule is c1cc(-c2noc(C3CC3)n2)ccc1-c1n[nH]c([C@H]2CCOC2)n1. The molecule has 1 N–H and O–H groups in total. The number of nitrogens with one attached hydrogen (secondary N) is 1. The Bertz CT molecular complexity index is 844. The fraction of sp³-hybridized carbons (Fsp3) is 0.412. The number of H-pyrrole nitrogens is 1. The van der Waals surface area contributed by atoms with E-state index in [9.17, 15) is 0 Å². The Labute approximate surface area is 138 Å². The van der Waals surface area contributed by atoms with Gasteiger partial charge >= 0.3 is 0 Å². The van der Waals surface area contributed by atoms with E-state index < -0.39 is 0 Å².